The van der Waals surface area contributed by atoms with E-state index in [9.17, 15) is 9.90 Å². The molecule has 3 heteroatoms. The second kappa shape index (κ2) is 6.71. The van der Waals surface area contributed by atoms with Gasteiger partial charge in [-0.15, -0.1) is 0 Å². The van der Waals surface area contributed by atoms with E-state index in [1.165, 1.54) is 5.56 Å². The highest BCUT2D eigenvalue weighted by atomic mass is 16.3. The summed E-state index contributed by atoms with van der Waals surface area (Å²) in [6, 6.07) is 8.02. The summed E-state index contributed by atoms with van der Waals surface area (Å²) in [7, 11) is 0. The van der Waals surface area contributed by atoms with E-state index < -0.39 is 0 Å². The van der Waals surface area contributed by atoms with Crippen molar-refractivity contribution < 1.29 is 9.90 Å². The monoisotopic (exact) mass is 273 g/mol. The number of amides is 1. The fraction of sp³-hybridized carbons (Fsp3) is 0.471. The Kier molecular flexibility index (Phi) is 4.96. The van der Waals surface area contributed by atoms with Crippen molar-refractivity contribution in [3.8, 4) is 0 Å². The summed E-state index contributed by atoms with van der Waals surface area (Å²) >= 11 is 0. The Morgan fingerprint density at radius 3 is 2.80 bits per heavy atom. The van der Waals surface area contributed by atoms with Gasteiger partial charge in [-0.3, -0.25) is 4.79 Å². The van der Waals surface area contributed by atoms with Crippen LogP contribution in [0, 0.1) is 12.3 Å². The molecule has 1 aliphatic carbocycles. The van der Waals surface area contributed by atoms with Gasteiger partial charge in [0.2, 0.25) is 5.91 Å². The maximum atomic E-state index is 11.8. The molecule has 1 aromatic rings. The quantitative estimate of drug-likeness (QED) is 0.810. The maximum absolute atomic E-state index is 11.8. The minimum atomic E-state index is -0.0915. The second-order valence-electron chi connectivity index (χ2n) is 5.83. The molecule has 1 aromatic carbocycles. The standard InChI is InChI=1S/C17H23NO2/c1-14-5-4-6-15(11-14)7-8-16(20)18-12-17(13-19)9-2-3-10-17/h4-8,11,19H,2-3,9-10,12-13H2,1H3,(H,18,20)/b8-7+. The number of carbonyl (C=O) groups is 1. The number of aryl methyl sites for hydroxylation is 1. The third-order valence-corrected chi connectivity index (χ3v) is 4.11. The van der Waals surface area contributed by atoms with Crippen molar-refractivity contribution in [1.82, 2.24) is 5.32 Å². The van der Waals surface area contributed by atoms with Crippen molar-refractivity contribution in [3.63, 3.8) is 0 Å². The van der Waals surface area contributed by atoms with Crippen molar-refractivity contribution in [2.75, 3.05) is 13.2 Å². The molecule has 0 aromatic heterocycles. The average Bonchev–Trinajstić information content (AvgIpc) is 2.92. The van der Waals surface area contributed by atoms with Crippen LogP contribution in [-0.2, 0) is 4.79 Å². The largest absolute Gasteiger partial charge is 0.396 e. The maximum Gasteiger partial charge on any atom is 0.244 e. The number of benzene rings is 1. The Bertz CT molecular complexity index is 488. The summed E-state index contributed by atoms with van der Waals surface area (Å²) in [6.07, 6.45) is 7.69. The van der Waals surface area contributed by atoms with E-state index in [1.54, 1.807) is 6.08 Å². The number of hydrogen-bond donors (Lipinski definition) is 2. The van der Waals surface area contributed by atoms with Gasteiger partial charge >= 0.3 is 0 Å². The van der Waals surface area contributed by atoms with Crippen LogP contribution in [0.4, 0.5) is 0 Å². The van der Waals surface area contributed by atoms with Gasteiger partial charge in [0.15, 0.2) is 0 Å². The molecule has 0 bridgehead atoms. The number of hydrogen-bond acceptors (Lipinski definition) is 2. The van der Waals surface area contributed by atoms with Crippen molar-refractivity contribution in [2.45, 2.75) is 32.6 Å². The van der Waals surface area contributed by atoms with E-state index in [4.69, 9.17) is 0 Å². The fourth-order valence-electron chi connectivity index (χ4n) is 2.80. The molecule has 2 rings (SSSR count). The third kappa shape index (κ3) is 3.94. The van der Waals surface area contributed by atoms with E-state index in [0.717, 1.165) is 31.2 Å². The zero-order chi connectivity index (χ0) is 14.4. The van der Waals surface area contributed by atoms with E-state index in [2.05, 4.69) is 5.32 Å². The first-order chi connectivity index (χ1) is 9.63. The minimum Gasteiger partial charge on any atom is -0.396 e. The average molecular weight is 273 g/mol. The van der Waals surface area contributed by atoms with Gasteiger partial charge in [0, 0.05) is 18.0 Å². The minimum absolute atomic E-state index is 0.0904. The zero-order valence-corrected chi connectivity index (χ0v) is 12.1. The predicted molar refractivity (Wildman–Crippen MR) is 81.2 cm³/mol. The first kappa shape index (κ1) is 14.8. The molecule has 1 amide bonds. The first-order valence-corrected chi connectivity index (χ1v) is 7.27. The van der Waals surface area contributed by atoms with Gasteiger partial charge < -0.3 is 10.4 Å². The van der Waals surface area contributed by atoms with Crippen LogP contribution in [0.25, 0.3) is 6.08 Å². The Labute approximate surface area is 120 Å². The van der Waals surface area contributed by atoms with Gasteiger partial charge in [-0.05, 0) is 31.4 Å². The first-order valence-electron chi connectivity index (χ1n) is 7.27. The Morgan fingerprint density at radius 1 is 1.40 bits per heavy atom. The molecular formula is C17H23NO2. The summed E-state index contributed by atoms with van der Waals surface area (Å²) in [4.78, 5) is 11.8. The van der Waals surface area contributed by atoms with Gasteiger partial charge in [-0.2, -0.15) is 0 Å². The molecule has 1 saturated carbocycles. The van der Waals surface area contributed by atoms with Crippen molar-refractivity contribution in [3.05, 3.63) is 41.5 Å². The molecule has 2 N–H and O–H groups in total. The highest BCUT2D eigenvalue weighted by molar-refractivity contribution is 5.91. The Hall–Kier alpha value is -1.61. The third-order valence-electron chi connectivity index (χ3n) is 4.11. The van der Waals surface area contributed by atoms with Crippen LogP contribution in [0.15, 0.2) is 30.3 Å². The number of carbonyl (C=O) groups excluding carboxylic acids is 1. The van der Waals surface area contributed by atoms with E-state index in [-0.39, 0.29) is 17.9 Å². The topological polar surface area (TPSA) is 49.3 Å². The SMILES string of the molecule is Cc1cccc(/C=C/C(=O)NCC2(CO)CCCC2)c1. The number of nitrogens with one attached hydrogen (secondary N) is 1. The van der Waals surface area contributed by atoms with Crippen LogP contribution in [0.5, 0.6) is 0 Å². The predicted octanol–water partition coefficient (Wildman–Crippen LogP) is 2.68. The van der Waals surface area contributed by atoms with Crippen LogP contribution in [0.3, 0.4) is 0 Å². The van der Waals surface area contributed by atoms with Crippen LogP contribution < -0.4 is 5.32 Å². The van der Waals surface area contributed by atoms with Gasteiger partial charge in [0.25, 0.3) is 0 Å². The fourth-order valence-corrected chi connectivity index (χ4v) is 2.80. The Morgan fingerprint density at radius 2 is 2.15 bits per heavy atom. The summed E-state index contributed by atoms with van der Waals surface area (Å²) in [5.41, 5.74) is 2.11. The number of aliphatic hydroxyl groups is 1. The number of rotatable bonds is 5. The second-order valence-corrected chi connectivity index (χ2v) is 5.83. The number of aliphatic hydroxyl groups excluding tert-OH is 1. The van der Waals surface area contributed by atoms with E-state index >= 15 is 0 Å². The van der Waals surface area contributed by atoms with Crippen LogP contribution in [0.2, 0.25) is 0 Å². The Balaban J connectivity index is 1.86. The van der Waals surface area contributed by atoms with Gasteiger partial charge in [-0.25, -0.2) is 0 Å². The van der Waals surface area contributed by atoms with E-state index in [1.807, 2.05) is 37.3 Å². The molecule has 0 spiro atoms. The van der Waals surface area contributed by atoms with Crippen LogP contribution in [-0.4, -0.2) is 24.2 Å². The molecular weight excluding hydrogens is 250 g/mol. The van der Waals surface area contributed by atoms with Crippen molar-refractivity contribution >= 4 is 12.0 Å². The molecule has 3 nitrogen and oxygen atoms in total. The van der Waals surface area contributed by atoms with Crippen LogP contribution >= 0.6 is 0 Å². The van der Waals surface area contributed by atoms with Gasteiger partial charge in [0.1, 0.15) is 0 Å². The summed E-state index contributed by atoms with van der Waals surface area (Å²) in [6.45, 7) is 2.76. The molecule has 0 heterocycles. The normalized spacial score (nSPS) is 17.5. The highest BCUT2D eigenvalue weighted by Gasteiger charge is 2.33. The lowest BCUT2D eigenvalue weighted by atomic mass is 9.87. The summed E-state index contributed by atoms with van der Waals surface area (Å²) in [5, 5.41) is 12.4. The highest BCUT2D eigenvalue weighted by Crippen LogP contribution is 2.36. The van der Waals surface area contributed by atoms with Gasteiger partial charge in [-0.1, -0.05) is 42.7 Å². The molecule has 1 aliphatic rings. The molecule has 20 heavy (non-hydrogen) atoms. The smallest absolute Gasteiger partial charge is 0.244 e. The van der Waals surface area contributed by atoms with Gasteiger partial charge in [0.05, 0.1) is 6.61 Å². The molecule has 1 fully saturated rings. The molecule has 0 atom stereocenters. The van der Waals surface area contributed by atoms with E-state index in [0.29, 0.717) is 6.54 Å². The van der Waals surface area contributed by atoms with Crippen molar-refractivity contribution in [1.29, 1.82) is 0 Å². The summed E-state index contributed by atoms with van der Waals surface area (Å²) in [5.74, 6) is -0.0915. The molecule has 0 radical (unpaired) electrons. The lowest BCUT2D eigenvalue weighted by Crippen LogP contribution is -2.37. The molecule has 108 valence electrons. The van der Waals surface area contributed by atoms with Crippen LogP contribution in [0.1, 0.15) is 36.8 Å². The lowest BCUT2D eigenvalue weighted by molar-refractivity contribution is -0.117. The van der Waals surface area contributed by atoms with Crippen molar-refractivity contribution in [2.24, 2.45) is 5.41 Å². The lowest BCUT2D eigenvalue weighted by Gasteiger charge is -2.26. The summed E-state index contributed by atoms with van der Waals surface area (Å²) < 4.78 is 0. The molecule has 0 unspecified atom stereocenters. The molecule has 0 aliphatic heterocycles. The molecule has 0 saturated heterocycles. The zero-order valence-electron chi connectivity index (χ0n) is 12.1.